The van der Waals surface area contributed by atoms with E-state index in [4.69, 9.17) is 4.52 Å². The Kier molecular flexibility index (Phi) is 4.60. The number of nitrogens with zero attached hydrogens (tertiary/aromatic N) is 3. The van der Waals surface area contributed by atoms with Gasteiger partial charge in [-0.1, -0.05) is 23.9 Å². The molecule has 8 heteroatoms. The van der Waals surface area contributed by atoms with Crippen molar-refractivity contribution in [3.8, 4) is 11.4 Å². The number of rotatable bonds is 5. The molecule has 25 heavy (non-hydrogen) atoms. The Bertz CT molecular complexity index is 814. The van der Waals surface area contributed by atoms with Crippen molar-refractivity contribution in [3.63, 3.8) is 0 Å². The minimum absolute atomic E-state index is 0.186. The van der Waals surface area contributed by atoms with E-state index in [9.17, 15) is 14.0 Å². The Hall–Kier alpha value is -3.03. The van der Waals surface area contributed by atoms with Crippen molar-refractivity contribution in [2.45, 2.75) is 13.0 Å². The second-order valence-corrected chi connectivity index (χ2v) is 5.84. The number of amides is 2. The highest BCUT2D eigenvalue weighted by molar-refractivity contribution is 5.90. The van der Waals surface area contributed by atoms with Crippen LogP contribution in [0.1, 0.15) is 18.9 Å². The number of carbonyl (C=O) groups is 2. The molecule has 0 spiro atoms. The molecule has 130 valence electrons. The normalized spacial score (nSPS) is 15.4. The minimum Gasteiger partial charge on any atom is -0.344 e. The fourth-order valence-electron chi connectivity index (χ4n) is 2.50. The summed E-state index contributed by atoms with van der Waals surface area (Å²) < 4.78 is 18.4. The van der Waals surface area contributed by atoms with Gasteiger partial charge in [0, 0.05) is 18.7 Å². The molecule has 2 heterocycles. The lowest BCUT2D eigenvalue weighted by Crippen LogP contribution is -2.55. The second-order valence-electron chi connectivity index (χ2n) is 5.84. The van der Waals surface area contributed by atoms with Crippen LogP contribution in [0.2, 0.25) is 0 Å². The summed E-state index contributed by atoms with van der Waals surface area (Å²) in [7, 11) is 0. The van der Waals surface area contributed by atoms with Crippen LogP contribution in [0.25, 0.3) is 11.4 Å². The van der Waals surface area contributed by atoms with Gasteiger partial charge in [0.2, 0.25) is 23.5 Å². The Morgan fingerprint density at radius 1 is 1.48 bits per heavy atom. The van der Waals surface area contributed by atoms with Crippen LogP contribution in [-0.2, 0) is 9.59 Å². The van der Waals surface area contributed by atoms with E-state index in [0.29, 0.717) is 18.7 Å². The molecule has 1 aliphatic rings. The van der Waals surface area contributed by atoms with E-state index in [1.165, 1.54) is 23.1 Å². The number of hydrogen-bond acceptors (Lipinski definition) is 5. The van der Waals surface area contributed by atoms with E-state index < -0.39 is 11.9 Å². The number of aromatic nitrogens is 2. The minimum atomic E-state index is -0.494. The molecule has 1 aromatic carbocycles. The highest BCUT2D eigenvalue weighted by Gasteiger charge is 2.35. The number of hydrogen-bond donors (Lipinski definition) is 1. The summed E-state index contributed by atoms with van der Waals surface area (Å²) in [5.74, 6) is -0.557. The van der Waals surface area contributed by atoms with Gasteiger partial charge in [-0.3, -0.25) is 9.59 Å². The molecule has 1 unspecified atom stereocenters. The topological polar surface area (TPSA) is 88.3 Å². The summed E-state index contributed by atoms with van der Waals surface area (Å²) in [5.41, 5.74) is 0.492. The standard InChI is InChI=1S/C17H17FN4O3/c1-3-14(23)22-8-12(9-22)16(24)19-10(2)17-20-15(21-25-17)11-5-4-6-13(18)7-11/h3-7,10,12H,1,8-9H2,2H3,(H,19,24). The number of halogens is 1. The van der Waals surface area contributed by atoms with Gasteiger partial charge in [0.25, 0.3) is 0 Å². The molecular formula is C17H17FN4O3. The van der Waals surface area contributed by atoms with Crippen molar-refractivity contribution in [2.75, 3.05) is 13.1 Å². The highest BCUT2D eigenvalue weighted by atomic mass is 19.1. The maximum Gasteiger partial charge on any atom is 0.249 e. The number of benzene rings is 1. The maximum atomic E-state index is 13.3. The monoisotopic (exact) mass is 344 g/mol. The average Bonchev–Trinajstić information content (AvgIpc) is 3.03. The molecule has 0 aliphatic carbocycles. The van der Waals surface area contributed by atoms with Crippen LogP contribution in [0.15, 0.2) is 41.4 Å². The molecule has 1 aromatic heterocycles. The zero-order valence-corrected chi connectivity index (χ0v) is 13.6. The molecule has 3 rings (SSSR count). The first-order chi connectivity index (χ1) is 12.0. The summed E-state index contributed by atoms with van der Waals surface area (Å²) in [6, 6.07) is 5.36. The SMILES string of the molecule is C=CC(=O)N1CC(C(=O)NC(C)c2nc(-c3cccc(F)c3)no2)C1. The van der Waals surface area contributed by atoms with Gasteiger partial charge in [-0.15, -0.1) is 0 Å². The Morgan fingerprint density at radius 3 is 2.92 bits per heavy atom. The maximum absolute atomic E-state index is 13.3. The third-order valence-corrected chi connectivity index (χ3v) is 3.99. The van der Waals surface area contributed by atoms with Gasteiger partial charge < -0.3 is 14.7 Å². The van der Waals surface area contributed by atoms with Crippen molar-refractivity contribution in [3.05, 3.63) is 48.6 Å². The van der Waals surface area contributed by atoms with Gasteiger partial charge in [-0.2, -0.15) is 4.98 Å². The number of carbonyl (C=O) groups excluding carboxylic acids is 2. The van der Waals surface area contributed by atoms with Crippen LogP contribution in [0.3, 0.4) is 0 Å². The van der Waals surface area contributed by atoms with E-state index >= 15 is 0 Å². The second kappa shape index (κ2) is 6.84. The van der Waals surface area contributed by atoms with Crippen LogP contribution in [0, 0.1) is 11.7 Å². The lowest BCUT2D eigenvalue weighted by Gasteiger charge is -2.37. The molecule has 2 aromatic rings. The predicted molar refractivity (Wildman–Crippen MR) is 86.5 cm³/mol. The van der Waals surface area contributed by atoms with Crippen LogP contribution in [0.4, 0.5) is 4.39 Å². The van der Waals surface area contributed by atoms with Crippen LogP contribution in [-0.4, -0.2) is 39.9 Å². The van der Waals surface area contributed by atoms with Crippen LogP contribution >= 0.6 is 0 Å². The molecule has 1 atom stereocenters. The van der Waals surface area contributed by atoms with E-state index in [0.717, 1.165) is 0 Å². The smallest absolute Gasteiger partial charge is 0.249 e. The lowest BCUT2D eigenvalue weighted by molar-refractivity contribution is -0.139. The summed E-state index contributed by atoms with van der Waals surface area (Å²) in [6.45, 7) is 5.85. The summed E-state index contributed by atoms with van der Waals surface area (Å²) in [6.07, 6.45) is 1.23. The molecule has 7 nitrogen and oxygen atoms in total. The Morgan fingerprint density at radius 2 is 2.24 bits per heavy atom. The van der Waals surface area contributed by atoms with Crippen molar-refractivity contribution in [1.82, 2.24) is 20.4 Å². The fourth-order valence-corrected chi connectivity index (χ4v) is 2.50. The highest BCUT2D eigenvalue weighted by Crippen LogP contribution is 2.21. The molecular weight excluding hydrogens is 327 g/mol. The molecule has 1 aliphatic heterocycles. The van der Waals surface area contributed by atoms with Gasteiger partial charge >= 0.3 is 0 Å². The molecule has 0 saturated carbocycles. The van der Waals surface area contributed by atoms with Gasteiger partial charge in [0.15, 0.2) is 0 Å². The first-order valence-corrected chi connectivity index (χ1v) is 7.79. The quantitative estimate of drug-likeness (QED) is 0.834. The summed E-state index contributed by atoms with van der Waals surface area (Å²) in [4.78, 5) is 29.3. The molecule has 0 bridgehead atoms. The van der Waals surface area contributed by atoms with E-state index in [-0.39, 0.29) is 29.4 Å². The van der Waals surface area contributed by atoms with Crippen LogP contribution < -0.4 is 5.32 Å². The largest absolute Gasteiger partial charge is 0.344 e. The summed E-state index contributed by atoms with van der Waals surface area (Å²) in [5, 5.41) is 6.59. The zero-order chi connectivity index (χ0) is 18.0. The van der Waals surface area contributed by atoms with Crippen LogP contribution in [0.5, 0.6) is 0 Å². The van der Waals surface area contributed by atoms with Crippen molar-refractivity contribution in [1.29, 1.82) is 0 Å². The number of likely N-dealkylation sites (tertiary alicyclic amines) is 1. The van der Waals surface area contributed by atoms with E-state index in [1.54, 1.807) is 19.1 Å². The molecule has 1 saturated heterocycles. The third kappa shape index (κ3) is 3.57. The molecule has 2 amide bonds. The number of nitrogens with one attached hydrogen (secondary N) is 1. The Labute approximate surface area is 143 Å². The first-order valence-electron chi connectivity index (χ1n) is 7.79. The van der Waals surface area contributed by atoms with E-state index in [1.807, 2.05) is 0 Å². The molecule has 1 fully saturated rings. The molecule has 0 radical (unpaired) electrons. The third-order valence-electron chi connectivity index (χ3n) is 3.99. The lowest BCUT2D eigenvalue weighted by atomic mass is 9.98. The van der Waals surface area contributed by atoms with Gasteiger partial charge in [0.1, 0.15) is 11.9 Å². The zero-order valence-electron chi connectivity index (χ0n) is 13.6. The van der Waals surface area contributed by atoms with E-state index in [2.05, 4.69) is 22.0 Å². The van der Waals surface area contributed by atoms with Crippen molar-refractivity contribution in [2.24, 2.45) is 5.92 Å². The van der Waals surface area contributed by atoms with Gasteiger partial charge in [0.05, 0.1) is 5.92 Å². The Balaban J connectivity index is 1.59. The fraction of sp³-hybridized carbons (Fsp3) is 0.294. The first kappa shape index (κ1) is 16.8. The summed E-state index contributed by atoms with van der Waals surface area (Å²) >= 11 is 0. The average molecular weight is 344 g/mol. The van der Waals surface area contributed by atoms with Crippen molar-refractivity contribution >= 4 is 11.8 Å². The van der Waals surface area contributed by atoms with Gasteiger partial charge in [-0.25, -0.2) is 4.39 Å². The van der Waals surface area contributed by atoms with Gasteiger partial charge in [-0.05, 0) is 25.1 Å². The molecule has 1 N–H and O–H groups in total. The van der Waals surface area contributed by atoms with Crippen molar-refractivity contribution < 1.29 is 18.5 Å². The predicted octanol–water partition coefficient (Wildman–Crippen LogP) is 1.70.